The fraction of sp³-hybridized carbons (Fsp3) is 0.0196. The highest BCUT2D eigenvalue weighted by Crippen LogP contribution is 2.40. The molecule has 12 rings (SSSR count). The van der Waals surface area contributed by atoms with Gasteiger partial charge >= 0.3 is 0 Å². The number of furan rings is 2. The Morgan fingerprint density at radius 1 is 0.456 bits per heavy atom. The van der Waals surface area contributed by atoms with Crippen LogP contribution in [-0.4, -0.2) is 16.2 Å². The summed E-state index contributed by atoms with van der Waals surface area (Å²) in [4.78, 5) is 10.3. The lowest BCUT2D eigenvalue weighted by molar-refractivity contribution is 0.668. The lowest BCUT2D eigenvalue weighted by Crippen LogP contribution is -2.16. The normalized spacial score (nSPS) is 14.5. The average Bonchev–Trinajstić information content (AvgIpc) is 3.95. The molecule has 0 aliphatic carbocycles. The van der Waals surface area contributed by atoms with E-state index in [1.165, 1.54) is 21.9 Å². The molecule has 0 saturated carbocycles. The minimum absolute atomic E-state index is 0.474. The zero-order chi connectivity index (χ0) is 37.5. The van der Waals surface area contributed by atoms with Crippen LogP contribution in [0.25, 0.3) is 87.8 Å². The third-order valence-electron chi connectivity index (χ3n) is 11.2. The number of hydrogen-bond acceptors (Lipinski definition) is 4. The summed E-state index contributed by atoms with van der Waals surface area (Å²) in [6, 6.07) is 63.0. The Morgan fingerprint density at radius 2 is 1.14 bits per heavy atom. The molecule has 268 valence electrons. The molecule has 0 amide bonds. The van der Waals surface area contributed by atoms with Crippen molar-refractivity contribution >= 4 is 77.4 Å². The largest absolute Gasteiger partial charge is 0.456 e. The van der Waals surface area contributed by atoms with Crippen molar-refractivity contribution in [1.82, 2.24) is 4.57 Å². The Morgan fingerprint density at radius 3 is 2.04 bits per heavy atom. The number of amidine groups is 2. The van der Waals surface area contributed by atoms with Crippen molar-refractivity contribution in [3.63, 3.8) is 0 Å². The Kier molecular flexibility index (Phi) is 6.89. The zero-order valence-electron chi connectivity index (χ0n) is 30.5. The molecule has 0 spiro atoms. The molecule has 1 atom stereocenters. The number of rotatable bonds is 5. The number of aromatic nitrogens is 1. The van der Waals surface area contributed by atoms with Crippen LogP contribution in [0.4, 0.5) is 0 Å². The summed E-state index contributed by atoms with van der Waals surface area (Å²) < 4.78 is 15.3. The van der Waals surface area contributed by atoms with Crippen LogP contribution in [0.15, 0.2) is 201 Å². The molecule has 0 N–H and O–H groups in total. The van der Waals surface area contributed by atoms with E-state index in [0.29, 0.717) is 11.7 Å². The Bertz CT molecular complexity index is 3440. The minimum Gasteiger partial charge on any atom is -0.456 e. The fourth-order valence-corrected chi connectivity index (χ4v) is 8.53. The highest BCUT2D eigenvalue weighted by Gasteiger charge is 2.20. The van der Waals surface area contributed by atoms with Crippen LogP contribution in [0.1, 0.15) is 22.9 Å². The third-order valence-corrected chi connectivity index (χ3v) is 11.2. The summed E-state index contributed by atoms with van der Waals surface area (Å²) in [6.45, 7) is 0. The maximum atomic E-state index is 6.67. The maximum Gasteiger partial charge on any atom is 0.137 e. The van der Waals surface area contributed by atoms with Gasteiger partial charge in [0, 0.05) is 49.6 Å². The second-order valence-electron chi connectivity index (χ2n) is 14.5. The smallest absolute Gasteiger partial charge is 0.137 e. The summed E-state index contributed by atoms with van der Waals surface area (Å²) in [7, 11) is 0. The van der Waals surface area contributed by atoms with Gasteiger partial charge in [-0.25, -0.2) is 0 Å². The van der Waals surface area contributed by atoms with Crippen molar-refractivity contribution in [3.8, 4) is 16.8 Å². The van der Waals surface area contributed by atoms with Gasteiger partial charge in [0.15, 0.2) is 0 Å². The van der Waals surface area contributed by atoms with E-state index in [4.69, 9.17) is 24.1 Å². The van der Waals surface area contributed by atoms with Crippen LogP contribution in [0.3, 0.4) is 0 Å². The number of benzene rings is 8. The van der Waals surface area contributed by atoms with Gasteiger partial charge in [0.25, 0.3) is 0 Å². The summed E-state index contributed by atoms with van der Waals surface area (Å²) >= 11 is 0. The second kappa shape index (κ2) is 12.4. The van der Waals surface area contributed by atoms with Crippen LogP contribution in [0.5, 0.6) is 0 Å². The average molecular weight is 732 g/mol. The van der Waals surface area contributed by atoms with Gasteiger partial charge in [0.1, 0.15) is 22.3 Å². The van der Waals surface area contributed by atoms with Crippen molar-refractivity contribution in [2.75, 3.05) is 0 Å². The van der Waals surface area contributed by atoms with Crippen LogP contribution in [0, 0.1) is 0 Å². The standard InChI is InChI=1S/C51H31N4O2/c1-3-12-31(13-4-1)33-23-27-43-41(28-33)36-16-7-9-19-42(36)55(43)35-24-26-39-47(30-35)57-45-21-11-18-40(48(39)45)51-53-49(32-14-5-2-6-15-32)52-50(54-51)34-22-25-38-37-17-8-10-20-44(37)56-46(38)29-34/h1-30,49H/q-1. The maximum absolute atomic E-state index is 6.67. The molecule has 4 heterocycles. The molecule has 6 nitrogen and oxygen atoms in total. The van der Waals surface area contributed by atoms with Crippen molar-refractivity contribution < 1.29 is 8.83 Å². The van der Waals surface area contributed by atoms with Crippen LogP contribution in [0.2, 0.25) is 0 Å². The van der Waals surface area contributed by atoms with Crippen LogP contribution in [-0.2, 0) is 0 Å². The minimum atomic E-state index is -0.474. The van der Waals surface area contributed by atoms with Crippen LogP contribution < -0.4 is 0 Å². The third kappa shape index (κ3) is 5.04. The first-order valence-corrected chi connectivity index (χ1v) is 19.1. The summed E-state index contributed by atoms with van der Waals surface area (Å²) in [5.74, 6) is 1.21. The molecule has 0 bridgehead atoms. The van der Waals surface area contributed by atoms with E-state index >= 15 is 0 Å². The first kappa shape index (κ1) is 31.6. The zero-order valence-corrected chi connectivity index (χ0v) is 30.5. The quantitative estimate of drug-likeness (QED) is 0.177. The van der Waals surface area contributed by atoms with Crippen LogP contribution >= 0.6 is 0 Å². The van der Waals surface area contributed by atoms with E-state index in [0.717, 1.165) is 77.3 Å². The van der Waals surface area contributed by atoms with E-state index in [-0.39, 0.29) is 0 Å². The lowest BCUT2D eigenvalue weighted by Gasteiger charge is -2.32. The van der Waals surface area contributed by atoms with E-state index in [2.05, 4.69) is 132 Å². The monoisotopic (exact) mass is 731 g/mol. The number of para-hydroxylation sites is 2. The SMILES string of the molecule is c1ccc(-c2ccc3c(c2)c2ccccc2n3-c2ccc3c(c2)oc2cccc(C4=NC(c5ccccc5)[N-]C(c5ccc6c(c5)oc5ccccc56)=N4)c23)cc1. The molecule has 0 radical (unpaired) electrons. The number of nitrogens with zero attached hydrogens (tertiary/aromatic N) is 4. The molecule has 6 heteroatoms. The van der Waals surface area contributed by atoms with Crippen molar-refractivity contribution in [2.24, 2.45) is 9.98 Å². The van der Waals surface area contributed by atoms with Crippen molar-refractivity contribution in [3.05, 3.63) is 204 Å². The summed E-state index contributed by atoms with van der Waals surface area (Å²) in [6.07, 6.45) is -0.474. The van der Waals surface area contributed by atoms with Gasteiger partial charge in [0.2, 0.25) is 0 Å². The Hall–Kier alpha value is -7.70. The molecule has 0 saturated heterocycles. The van der Waals surface area contributed by atoms with Gasteiger partial charge < -0.3 is 23.7 Å². The molecule has 1 aliphatic heterocycles. The summed E-state index contributed by atoms with van der Waals surface area (Å²) in [5.41, 5.74) is 11.7. The topological polar surface area (TPSA) is 70.0 Å². The highest BCUT2D eigenvalue weighted by molar-refractivity contribution is 6.25. The van der Waals surface area contributed by atoms with E-state index in [9.17, 15) is 0 Å². The molecular weight excluding hydrogens is 701 g/mol. The Labute approximate surface area is 326 Å². The molecule has 1 aliphatic rings. The molecule has 0 fully saturated rings. The second-order valence-corrected chi connectivity index (χ2v) is 14.5. The van der Waals surface area contributed by atoms with Gasteiger partial charge in [-0.3, -0.25) is 4.99 Å². The molecule has 8 aromatic carbocycles. The van der Waals surface area contributed by atoms with Gasteiger partial charge in [-0.15, -0.1) is 0 Å². The van der Waals surface area contributed by atoms with Gasteiger partial charge in [-0.2, -0.15) is 0 Å². The van der Waals surface area contributed by atoms with Crippen molar-refractivity contribution in [2.45, 2.75) is 6.17 Å². The molecular formula is C51H31N4O2-. The van der Waals surface area contributed by atoms with Gasteiger partial charge in [-0.1, -0.05) is 127 Å². The van der Waals surface area contributed by atoms with E-state index in [1.807, 2.05) is 54.6 Å². The first-order valence-electron chi connectivity index (χ1n) is 19.1. The fourth-order valence-electron chi connectivity index (χ4n) is 8.53. The van der Waals surface area contributed by atoms with Gasteiger partial charge in [-0.05, 0) is 76.9 Å². The Balaban J connectivity index is 1.00. The first-order chi connectivity index (χ1) is 28.2. The van der Waals surface area contributed by atoms with Crippen molar-refractivity contribution in [1.29, 1.82) is 0 Å². The molecule has 1 unspecified atom stereocenters. The predicted octanol–water partition coefficient (Wildman–Crippen LogP) is 13.5. The molecule has 57 heavy (non-hydrogen) atoms. The number of aliphatic imine (C=N–C) groups is 2. The van der Waals surface area contributed by atoms with Gasteiger partial charge in [0.05, 0.1) is 23.0 Å². The lowest BCUT2D eigenvalue weighted by atomic mass is 10.0. The summed E-state index contributed by atoms with van der Waals surface area (Å²) in [5, 5.41) is 11.6. The number of hydrogen-bond donors (Lipinski definition) is 0. The van der Waals surface area contributed by atoms with E-state index < -0.39 is 6.17 Å². The number of fused-ring (bicyclic) bond motifs is 9. The predicted molar refractivity (Wildman–Crippen MR) is 233 cm³/mol. The van der Waals surface area contributed by atoms with E-state index in [1.54, 1.807) is 0 Å². The molecule has 3 aromatic heterocycles. The highest BCUT2D eigenvalue weighted by atomic mass is 16.3. The molecule has 11 aromatic rings.